The molecule has 22 heavy (non-hydrogen) atoms. The van der Waals surface area contributed by atoms with E-state index >= 15 is 0 Å². The predicted molar refractivity (Wildman–Crippen MR) is 90.1 cm³/mol. The summed E-state index contributed by atoms with van der Waals surface area (Å²) in [4.78, 5) is 14.3. The first-order valence-corrected chi connectivity index (χ1v) is 8.12. The number of carbonyl (C=O) groups is 1. The molecule has 2 N–H and O–H groups in total. The number of urea groups is 1. The number of rotatable bonds is 2. The molecule has 1 aromatic rings. The molecule has 1 aromatic carbocycles. The molecule has 0 aromatic heterocycles. The molecule has 0 bridgehead atoms. The molecular formula is C18H28N2O2. The van der Waals surface area contributed by atoms with E-state index in [4.69, 9.17) is 0 Å². The summed E-state index contributed by atoms with van der Waals surface area (Å²) in [5.74, 6) is 0.311. The van der Waals surface area contributed by atoms with Crippen LogP contribution in [-0.2, 0) is 5.41 Å². The van der Waals surface area contributed by atoms with Gasteiger partial charge in [0, 0.05) is 18.8 Å². The number of benzene rings is 1. The normalized spacial score (nSPS) is 18.1. The maximum absolute atomic E-state index is 12.5. The molecule has 1 fully saturated rings. The fourth-order valence-corrected chi connectivity index (χ4v) is 3.03. The van der Waals surface area contributed by atoms with Gasteiger partial charge in [-0.2, -0.15) is 0 Å². The van der Waals surface area contributed by atoms with E-state index in [0.29, 0.717) is 19.0 Å². The molecule has 1 heterocycles. The Balaban J connectivity index is 2.02. The first-order valence-electron chi connectivity index (χ1n) is 8.12. The molecule has 1 saturated heterocycles. The van der Waals surface area contributed by atoms with Crippen molar-refractivity contribution in [3.8, 4) is 0 Å². The summed E-state index contributed by atoms with van der Waals surface area (Å²) in [5, 5.41) is 12.7. The average Bonchev–Trinajstić information content (AvgIpc) is 2.46. The van der Waals surface area contributed by atoms with Gasteiger partial charge in [-0.15, -0.1) is 0 Å². The zero-order valence-corrected chi connectivity index (χ0v) is 14.1. The maximum Gasteiger partial charge on any atom is 0.321 e. The average molecular weight is 304 g/mol. The zero-order chi connectivity index (χ0) is 16.3. The summed E-state index contributed by atoms with van der Waals surface area (Å²) in [7, 11) is 0. The lowest BCUT2D eigenvalue weighted by Crippen LogP contribution is -2.43. The predicted octanol–water partition coefficient (Wildman–Crippen LogP) is 3.61. The molecular weight excluding hydrogens is 276 g/mol. The minimum absolute atomic E-state index is 0.0107. The molecule has 0 saturated carbocycles. The van der Waals surface area contributed by atoms with Gasteiger partial charge in [-0.3, -0.25) is 0 Å². The Morgan fingerprint density at radius 1 is 1.27 bits per heavy atom. The second-order valence-electron chi connectivity index (χ2n) is 7.29. The van der Waals surface area contributed by atoms with Gasteiger partial charge in [0.2, 0.25) is 0 Å². The number of likely N-dealkylation sites (tertiary alicyclic amines) is 1. The van der Waals surface area contributed by atoms with Gasteiger partial charge in [0.25, 0.3) is 0 Å². The molecule has 0 aliphatic carbocycles. The first-order chi connectivity index (χ1) is 10.3. The van der Waals surface area contributed by atoms with Crippen LogP contribution in [0.2, 0.25) is 0 Å². The molecule has 1 aliphatic heterocycles. The monoisotopic (exact) mass is 304 g/mol. The minimum Gasteiger partial charge on any atom is -0.393 e. The molecule has 122 valence electrons. The number of hydrogen-bond acceptors (Lipinski definition) is 2. The minimum atomic E-state index is -0.285. The number of nitrogens with zero attached hydrogens (tertiary/aromatic N) is 1. The lowest BCUT2D eigenvalue weighted by atomic mass is 9.86. The maximum atomic E-state index is 12.5. The van der Waals surface area contributed by atoms with Crippen LogP contribution < -0.4 is 5.32 Å². The highest BCUT2D eigenvalue weighted by molar-refractivity contribution is 5.90. The van der Waals surface area contributed by atoms with Crippen LogP contribution in [0.25, 0.3) is 0 Å². The largest absolute Gasteiger partial charge is 0.393 e. The van der Waals surface area contributed by atoms with Crippen molar-refractivity contribution in [3.63, 3.8) is 0 Å². The molecule has 2 rings (SSSR count). The first kappa shape index (κ1) is 16.8. The molecule has 0 radical (unpaired) electrons. The Labute approximate surface area is 133 Å². The van der Waals surface area contributed by atoms with Crippen molar-refractivity contribution in [1.82, 2.24) is 4.90 Å². The molecule has 1 unspecified atom stereocenters. The number of para-hydroxylation sites is 1. The number of piperidine rings is 1. The summed E-state index contributed by atoms with van der Waals surface area (Å²) < 4.78 is 0. The second kappa shape index (κ2) is 6.69. The van der Waals surface area contributed by atoms with Crippen LogP contribution >= 0.6 is 0 Å². The third-order valence-corrected chi connectivity index (χ3v) is 4.49. The van der Waals surface area contributed by atoms with Gasteiger partial charge in [-0.05, 0) is 42.7 Å². The van der Waals surface area contributed by atoms with E-state index < -0.39 is 0 Å². The topological polar surface area (TPSA) is 52.6 Å². The summed E-state index contributed by atoms with van der Waals surface area (Å²) in [6, 6.07) is 7.94. The summed E-state index contributed by atoms with van der Waals surface area (Å²) in [5.41, 5.74) is 2.02. The van der Waals surface area contributed by atoms with Crippen LogP contribution in [0, 0.1) is 5.92 Å². The highest BCUT2D eigenvalue weighted by atomic mass is 16.3. The molecule has 1 atom stereocenters. The van der Waals surface area contributed by atoms with Crippen LogP contribution in [0.3, 0.4) is 0 Å². The Hall–Kier alpha value is -1.55. The van der Waals surface area contributed by atoms with E-state index in [2.05, 4.69) is 32.2 Å². The highest BCUT2D eigenvalue weighted by Crippen LogP contribution is 2.29. The molecule has 4 heteroatoms. The second-order valence-corrected chi connectivity index (χ2v) is 7.29. The lowest BCUT2D eigenvalue weighted by Gasteiger charge is -2.33. The SMILES string of the molecule is CC(O)C1CCN(C(=O)Nc2ccccc2C(C)(C)C)CC1. The third kappa shape index (κ3) is 4.01. The zero-order valence-electron chi connectivity index (χ0n) is 14.1. The van der Waals surface area contributed by atoms with Gasteiger partial charge in [0.05, 0.1) is 6.10 Å². The Morgan fingerprint density at radius 2 is 1.86 bits per heavy atom. The quantitative estimate of drug-likeness (QED) is 0.877. The van der Waals surface area contributed by atoms with Crippen LogP contribution in [0.4, 0.5) is 10.5 Å². The van der Waals surface area contributed by atoms with Gasteiger partial charge in [-0.1, -0.05) is 39.0 Å². The highest BCUT2D eigenvalue weighted by Gasteiger charge is 2.26. The lowest BCUT2D eigenvalue weighted by molar-refractivity contribution is 0.0820. The van der Waals surface area contributed by atoms with Gasteiger partial charge < -0.3 is 15.3 Å². The van der Waals surface area contributed by atoms with Crippen molar-refractivity contribution in [3.05, 3.63) is 29.8 Å². The summed E-state index contributed by atoms with van der Waals surface area (Å²) in [6.45, 7) is 9.68. The molecule has 4 nitrogen and oxygen atoms in total. The van der Waals surface area contributed by atoms with Crippen molar-refractivity contribution in [2.75, 3.05) is 18.4 Å². The van der Waals surface area contributed by atoms with Crippen LogP contribution in [0.1, 0.15) is 46.1 Å². The Kier molecular flexibility index (Phi) is 5.12. The van der Waals surface area contributed by atoms with E-state index in [-0.39, 0.29) is 17.6 Å². The van der Waals surface area contributed by atoms with Crippen molar-refractivity contribution in [2.24, 2.45) is 5.92 Å². The van der Waals surface area contributed by atoms with E-state index in [1.165, 1.54) is 0 Å². The van der Waals surface area contributed by atoms with Crippen molar-refractivity contribution < 1.29 is 9.90 Å². The number of aliphatic hydroxyl groups is 1. The van der Waals surface area contributed by atoms with Crippen LogP contribution in [0.15, 0.2) is 24.3 Å². The van der Waals surface area contributed by atoms with Crippen LogP contribution in [0.5, 0.6) is 0 Å². The van der Waals surface area contributed by atoms with Gasteiger partial charge in [0.1, 0.15) is 0 Å². The third-order valence-electron chi connectivity index (χ3n) is 4.49. The van der Waals surface area contributed by atoms with E-state index in [1.807, 2.05) is 30.0 Å². The number of aliphatic hydroxyl groups excluding tert-OH is 1. The van der Waals surface area contributed by atoms with Crippen molar-refractivity contribution in [2.45, 2.75) is 52.1 Å². The standard InChI is InChI=1S/C18H28N2O2/c1-13(21)14-9-11-20(12-10-14)17(22)19-16-8-6-5-7-15(16)18(2,3)4/h5-8,13-14,21H,9-12H2,1-4H3,(H,19,22). The van der Waals surface area contributed by atoms with Crippen molar-refractivity contribution in [1.29, 1.82) is 0 Å². The van der Waals surface area contributed by atoms with Gasteiger partial charge in [0.15, 0.2) is 0 Å². The van der Waals surface area contributed by atoms with Gasteiger partial charge in [-0.25, -0.2) is 4.79 Å². The number of nitrogens with one attached hydrogen (secondary N) is 1. The van der Waals surface area contributed by atoms with E-state index in [9.17, 15) is 9.90 Å². The summed E-state index contributed by atoms with van der Waals surface area (Å²) >= 11 is 0. The molecule has 2 amide bonds. The number of anilines is 1. The fraction of sp³-hybridized carbons (Fsp3) is 0.611. The Bertz CT molecular complexity index is 512. The van der Waals surface area contributed by atoms with E-state index in [1.54, 1.807) is 0 Å². The number of amides is 2. The fourth-order valence-electron chi connectivity index (χ4n) is 3.03. The number of carbonyl (C=O) groups excluding carboxylic acids is 1. The summed E-state index contributed by atoms with van der Waals surface area (Å²) in [6.07, 6.45) is 1.45. The van der Waals surface area contributed by atoms with Crippen molar-refractivity contribution >= 4 is 11.7 Å². The smallest absolute Gasteiger partial charge is 0.321 e. The van der Waals surface area contributed by atoms with E-state index in [0.717, 1.165) is 24.1 Å². The molecule has 0 spiro atoms. The Morgan fingerprint density at radius 3 is 2.41 bits per heavy atom. The van der Waals surface area contributed by atoms with Gasteiger partial charge >= 0.3 is 6.03 Å². The molecule has 1 aliphatic rings. The number of hydrogen-bond donors (Lipinski definition) is 2. The van der Waals surface area contributed by atoms with Crippen LogP contribution in [-0.4, -0.2) is 35.2 Å².